The summed E-state index contributed by atoms with van der Waals surface area (Å²) in [4.78, 5) is 15.6. The second-order valence-electron chi connectivity index (χ2n) is 15.2. The van der Waals surface area contributed by atoms with Crippen molar-refractivity contribution in [2.45, 2.75) is 6.17 Å². The number of rotatable bonds is 5. The number of thiophene rings is 1. The van der Waals surface area contributed by atoms with Crippen molar-refractivity contribution in [2.24, 2.45) is 9.98 Å². The molecule has 1 atom stereocenters. The minimum absolute atomic E-state index is 0.323. The SMILES string of the molecule is c1ccc(-c2nc3ccccc3c3c2ccc2sc4c(-c5ccc(C6N=C(c7ccc8ccccc8c7)N=C(c7ccc8ccccc8c7)N6)cc5)cccc4c23)cc1. The number of nitrogens with zero attached hydrogens (tertiary/aromatic N) is 3. The van der Waals surface area contributed by atoms with E-state index in [1.54, 1.807) is 0 Å². The third-order valence-corrected chi connectivity index (χ3v) is 12.9. The maximum absolute atomic E-state index is 5.25. The standard InChI is InChI=1S/C54H34N4S/c1-2-13-36(14-3-1)50-44-29-30-47-49(48(44)43-17-8-9-20-46(43)55-50)45-19-10-18-42(51(45)59-47)35-23-25-37(26-24-35)52-56-53(40-27-21-33-11-4-6-15-38(33)31-40)58-54(57-52)41-28-22-34-12-5-7-16-39(34)32-41/h1-32,52H,(H,56,57,58). The normalized spacial score (nSPS) is 14.3. The van der Waals surface area contributed by atoms with E-state index < -0.39 is 0 Å². The molecule has 276 valence electrons. The molecule has 0 radical (unpaired) electrons. The zero-order valence-electron chi connectivity index (χ0n) is 31.8. The van der Waals surface area contributed by atoms with Gasteiger partial charge in [0.1, 0.15) is 12.0 Å². The van der Waals surface area contributed by atoms with Crippen LogP contribution in [0.1, 0.15) is 22.9 Å². The van der Waals surface area contributed by atoms with Crippen molar-refractivity contribution in [2.75, 3.05) is 0 Å². The summed E-state index contributed by atoms with van der Waals surface area (Å²) in [7, 11) is 0. The van der Waals surface area contributed by atoms with Gasteiger partial charge >= 0.3 is 0 Å². The topological polar surface area (TPSA) is 49.6 Å². The van der Waals surface area contributed by atoms with Crippen LogP contribution in [0.3, 0.4) is 0 Å². The Labute approximate surface area is 344 Å². The number of hydrogen-bond donors (Lipinski definition) is 1. The summed E-state index contributed by atoms with van der Waals surface area (Å²) >= 11 is 1.87. The molecule has 3 heterocycles. The highest BCUT2D eigenvalue weighted by Crippen LogP contribution is 2.46. The first-order chi connectivity index (χ1) is 29.2. The minimum atomic E-state index is -0.323. The van der Waals surface area contributed by atoms with E-state index in [4.69, 9.17) is 15.0 Å². The molecule has 0 aliphatic carbocycles. The van der Waals surface area contributed by atoms with Gasteiger partial charge in [-0.05, 0) is 62.5 Å². The summed E-state index contributed by atoms with van der Waals surface area (Å²) in [6, 6.07) is 69.2. The van der Waals surface area contributed by atoms with Gasteiger partial charge in [-0.3, -0.25) is 0 Å². The average Bonchev–Trinajstić information content (AvgIpc) is 3.70. The maximum atomic E-state index is 5.25. The predicted molar refractivity (Wildman–Crippen MR) is 250 cm³/mol. The van der Waals surface area contributed by atoms with Crippen LogP contribution in [-0.4, -0.2) is 16.7 Å². The second-order valence-corrected chi connectivity index (χ2v) is 16.2. The monoisotopic (exact) mass is 770 g/mol. The molecular formula is C54H34N4S. The van der Waals surface area contributed by atoms with E-state index in [9.17, 15) is 0 Å². The highest BCUT2D eigenvalue weighted by molar-refractivity contribution is 7.26. The number of nitrogens with one attached hydrogen (secondary N) is 1. The lowest BCUT2D eigenvalue weighted by Gasteiger charge is -2.24. The lowest BCUT2D eigenvalue weighted by Crippen LogP contribution is -2.33. The molecule has 0 amide bonds. The minimum Gasteiger partial charge on any atom is -0.344 e. The number of aromatic nitrogens is 1. The Morgan fingerprint density at radius 3 is 1.92 bits per heavy atom. The summed E-state index contributed by atoms with van der Waals surface area (Å²) in [5, 5.41) is 14.6. The summed E-state index contributed by atoms with van der Waals surface area (Å²) in [5.74, 6) is 1.52. The van der Waals surface area contributed by atoms with E-state index in [1.165, 1.54) is 69.0 Å². The van der Waals surface area contributed by atoms with Crippen LogP contribution < -0.4 is 5.32 Å². The van der Waals surface area contributed by atoms with Gasteiger partial charge in [0.2, 0.25) is 0 Å². The fraction of sp³-hybridized carbons (Fsp3) is 0.0185. The molecular weight excluding hydrogens is 737 g/mol. The Balaban J connectivity index is 0.966. The quantitative estimate of drug-likeness (QED) is 0.177. The van der Waals surface area contributed by atoms with Gasteiger partial charge in [0, 0.05) is 53.0 Å². The molecule has 1 aliphatic rings. The number of fused-ring (bicyclic) bond motifs is 9. The summed E-state index contributed by atoms with van der Waals surface area (Å²) in [6.07, 6.45) is -0.323. The van der Waals surface area contributed by atoms with Gasteiger partial charge < -0.3 is 5.32 Å². The Bertz CT molecular complexity index is 3530. The van der Waals surface area contributed by atoms with Crippen LogP contribution in [0.5, 0.6) is 0 Å². The lowest BCUT2D eigenvalue weighted by atomic mass is 9.95. The molecule has 5 heteroatoms. The van der Waals surface area contributed by atoms with E-state index in [0.29, 0.717) is 5.84 Å². The number of benzene rings is 9. The first-order valence-electron chi connectivity index (χ1n) is 20.0. The number of para-hydroxylation sites is 1. The molecule has 2 aromatic heterocycles. The van der Waals surface area contributed by atoms with Crippen LogP contribution >= 0.6 is 11.3 Å². The Morgan fingerprint density at radius 1 is 0.458 bits per heavy atom. The largest absolute Gasteiger partial charge is 0.344 e. The van der Waals surface area contributed by atoms with Gasteiger partial charge in [-0.2, -0.15) is 0 Å². The molecule has 11 aromatic rings. The lowest BCUT2D eigenvalue weighted by molar-refractivity contribution is 0.674. The Kier molecular flexibility index (Phi) is 7.75. The molecule has 1 unspecified atom stereocenters. The van der Waals surface area contributed by atoms with Crippen LogP contribution in [0, 0.1) is 0 Å². The molecule has 9 aromatic carbocycles. The van der Waals surface area contributed by atoms with E-state index in [-0.39, 0.29) is 6.17 Å². The third-order valence-electron chi connectivity index (χ3n) is 11.7. The molecule has 4 nitrogen and oxygen atoms in total. The molecule has 0 spiro atoms. The van der Waals surface area contributed by atoms with Gasteiger partial charge in [0.05, 0.1) is 11.2 Å². The molecule has 59 heavy (non-hydrogen) atoms. The second kappa shape index (κ2) is 13.6. The van der Waals surface area contributed by atoms with Crippen LogP contribution in [0.2, 0.25) is 0 Å². The molecule has 0 fully saturated rings. The van der Waals surface area contributed by atoms with Gasteiger partial charge in [0.25, 0.3) is 0 Å². The van der Waals surface area contributed by atoms with Gasteiger partial charge in [-0.15, -0.1) is 11.3 Å². The number of aliphatic imine (C=N–C) groups is 2. The first kappa shape index (κ1) is 33.6. The smallest absolute Gasteiger partial charge is 0.159 e. The van der Waals surface area contributed by atoms with Gasteiger partial charge in [-0.1, -0.05) is 170 Å². The van der Waals surface area contributed by atoms with E-state index in [0.717, 1.165) is 39.3 Å². The molecule has 0 saturated carbocycles. The van der Waals surface area contributed by atoms with Crippen LogP contribution in [0.25, 0.3) is 85.8 Å². The van der Waals surface area contributed by atoms with Crippen molar-refractivity contribution in [1.29, 1.82) is 0 Å². The molecule has 1 N–H and O–H groups in total. The fourth-order valence-corrected chi connectivity index (χ4v) is 10.0. The van der Waals surface area contributed by atoms with Crippen molar-refractivity contribution in [1.82, 2.24) is 10.3 Å². The summed E-state index contributed by atoms with van der Waals surface area (Å²) in [6.45, 7) is 0. The molecule has 0 bridgehead atoms. The van der Waals surface area contributed by atoms with Crippen molar-refractivity contribution in [3.63, 3.8) is 0 Å². The van der Waals surface area contributed by atoms with Crippen molar-refractivity contribution in [3.8, 4) is 22.4 Å². The molecule has 1 aliphatic heterocycles. The van der Waals surface area contributed by atoms with Crippen LogP contribution in [-0.2, 0) is 0 Å². The highest BCUT2D eigenvalue weighted by Gasteiger charge is 2.23. The predicted octanol–water partition coefficient (Wildman–Crippen LogP) is 13.9. The number of pyridine rings is 1. The van der Waals surface area contributed by atoms with Crippen molar-refractivity contribution < 1.29 is 0 Å². The molecule has 12 rings (SSSR count). The number of amidine groups is 2. The fourth-order valence-electron chi connectivity index (χ4n) is 8.78. The van der Waals surface area contributed by atoms with Gasteiger partial charge in [-0.25, -0.2) is 15.0 Å². The number of hydrogen-bond acceptors (Lipinski definition) is 5. The van der Waals surface area contributed by atoms with Crippen molar-refractivity contribution >= 4 is 86.4 Å². The first-order valence-corrected chi connectivity index (χ1v) is 20.8. The zero-order chi connectivity index (χ0) is 38.9. The Morgan fingerprint density at radius 2 is 1.12 bits per heavy atom. The van der Waals surface area contributed by atoms with E-state index in [1.807, 2.05) is 11.3 Å². The van der Waals surface area contributed by atoms with Crippen molar-refractivity contribution in [3.05, 3.63) is 211 Å². The summed E-state index contributed by atoms with van der Waals surface area (Å²) < 4.78 is 2.55. The average molecular weight is 771 g/mol. The van der Waals surface area contributed by atoms with Crippen LogP contribution in [0.15, 0.2) is 204 Å². The Hall–Kier alpha value is -7.47. The summed E-state index contributed by atoms with van der Waals surface area (Å²) in [5.41, 5.74) is 8.64. The van der Waals surface area contributed by atoms with Crippen LogP contribution in [0.4, 0.5) is 0 Å². The maximum Gasteiger partial charge on any atom is 0.159 e. The van der Waals surface area contributed by atoms with E-state index in [2.05, 4.69) is 199 Å². The molecule has 0 saturated heterocycles. The highest BCUT2D eigenvalue weighted by atomic mass is 32.1. The van der Waals surface area contributed by atoms with E-state index >= 15 is 0 Å². The van der Waals surface area contributed by atoms with Gasteiger partial charge in [0.15, 0.2) is 5.84 Å². The third kappa shape index (κ3) is 5.70. The zero-order valence-corrected chi connectivity index (χ0v) is 32.6.